The summed E-state index contributed by atoms with van der Waals surface area (Å²) in [5, 5.41) is 6.93. The maximum Gasteiger partial charge on any atom is 0.418 e. The van der Waals surface area contributed by atoms with Gasteiger partial charge in [-0.15, -0.1) is 0 Å². The van der Waals surface area contributed by atoms with Gasteiger partial charge in [-0.1, -0.05) is 30.3 Å². The van der Waals surface area contributed by atoms with Crippen molar-refractivity contribution in [2.75, 3.05) is 0 Å². The lowest BCUT2D eigenvalue weighted by molar-refractivity contribution is 0.107. The minimum Gasteiger partial charge on any atom is -0.464 e. The fourth-order valence-corrected chi connectivity index (χ4v) is 1.66. The molecule has 6 nitrogen and oxygen atoms in total. The Kier molecular flexibility index (Phi) is 3.05. The Morgan fingerprint density at radius 1 is 1.13 bits per heavy atom. The van der Waals surface area contributed by atoms with E-state index in [1.165, 1.54) is 24.3 Å². The topological polar surface area (TPSA) is 101 Å². The lowest BCUT2D eigenvalue weighted by Crippen LogP contribution is -2.34. The molecule has 0 heterocycles. The second-order valence-electron chi connectivity index (χ2n) is 2.56. The number of carbonyl (C=O) groups excluding carboxylic acids is 1. The molecule has 0 aromatic heterocycles. The molecule has 0 aliphatic carbocycles. The summed E-state index contributed by atoms with van der Waals surface area (Å²) < 4.78 is 23.4. The van der Waals surface area contributed by atoms with Crippen molar-refractivity contribution in [1.29, 1.82) is 0 Å². The smallest absolute Gasteiger partial charge is 0.418 e. The van der Waals surface area contributed by atoms with Gasteiger partial charge in [-0.2, -0.15) is 8.42 Å². The molecule has 15 heavy (non-hydrogen) atoms. The van der Waals surface area contributed by atoms with Crippen molar-refractivity contribution in [3.8, 4) is 0 Å². The molecule has 0 fully saturated rings. The summed E-state index contributed by atoms with van der Waals surface area (Å²) in [4.78, 5) is 21.4. The van der Waals surface area contributed by atoms with E-state index in [1.54, 1.807) is 6.07 Å². The standard InChI is InChI=1S/C8H7NO5S/c10-7(6-4-2-1-3-5-6)15(13,14)9-8(11)12/h1-5,9H,(H,11,12). The molecule has 0 aliphatic heterocycles. The number of hydrogen-bond donors (Lipinski definition) is 2. The summed E-state index contributed by atoms with van der Waals surface area (Å²) in [5.74, 6) is 0. The third-order valence-corrected chi connectivity index (χ3v) is 2.64. The SMILES string of the molecule is O=C(O)NS(=O)(=O)C(=O)c1ccccc1. The monoisotopic (exact) mass is 229 g/mol. The Morgan fingerprint density at radius 3 is 2.13 bits per heavy atom. The molecule has 0 radical (unpaired) electrons. The average Bonchev–Trinajstić information content (AvgIpc) is 2.16. The fraction of sp³-hybridized carbons (Fsp3) is 0. The normalized spacial score (nSPS) is 10.7. The number of benzene rings is 1. The van der Waals surface area contributed by atoms with Crippen LogP contribution in [-0.4, -0.2) is 24.7 Å². The van der Waals surface area contributed by atoms with Gasteiger partial charge in [-0.25, -0.2) is 9.52 Å². The molecule has 80 valence electrons. The van der Waals surface area contributed by atoms with E-state index in [4.69, 9.17) is 5.11 Å². The van der Waals surface area contributed by atoms with Crippen molar-refractivity contribution >= 4 is 21.2 Å². The van der Waals surface area contributed by atoms with Crippen LogP contribution in [0.5, 0.6) is 0 Å². The van der Waals surface area contributed by atoms with Crippen molar-refractivity contribution in [2.45, 2.75) is 0 Å². The van der Waals surface area contributed by atoms with Crippen LogP contribution in [0.1, 0.15) is 10.4 Å². The van der Waals surface area contributed by atoms with E-state index in [1.807, 2.05) is 0 Å². The highest BCUT2D eigenvalue weighted by Crippen LogP contribution is 2.04. The molecule has 0 atom stereocenters. The van der Waals surface area contributed by atoms with E-state index in [0.717, 1.165) is 4.72 Å². The lowest BCUT2D eigenvalue weighted by Gasteiger charge is -2.01. The molecule has 1 amide bonds. The van der Waals surface area contributed by atoms with Gasteiger partial charge in [-0.3, -0.25) is 4.79 Å². The number of carbonyl (C=O) groups is 2. The van der Waals surface area contributed by atoms with Crippen LogP contribution >= 0.6 is 0 Å². The Morgan fingerprint density at radius 2 is 1.67 bits per heavy atom. The molecule has 0 saturated carbocycles. The third-order valence-electron chi connectivity index (χ3n) is 1.48. The van der Waals surface area contributed by atoms with Gasteiger partial charge in [0.2, 0.25) is 0 Å². The molecule has 1 aromatic rings. The van der Waals surface area contributed by atoms with Gasteiger partial charge in [0.25, 0.3) is 5.12 Å². The number of amides is 1. The van der Waals surface area contributed by atoms with Gasteiger partial charge in [0.1, 0.15) is 0 Å². The third kappa shape index (κ3) is 2.78. The second kappa shape index (κ2) is 4.09. The van der Waals surface area contributed by atoms with Gasteiger partial charge in [-0.05, 0) is 0 Å². The van der Waals surface area contributed by atoms with Crippen molar-refractivity contribution in [2.24, 2.45) is 0 Å². The van der Waals surface area contributed by atoms with Gasteiger partial charge in [0.15, 0.2) is 0 Å². The van der Waals surface area contributed by atoms with Crippen LogP contribution in [0, 0.1) is 0 Å². The summed E-state index contributed by atoms with van der Waals surface area (Å²) in [5.41, 5.74) is -0.0914. The van der Waals surface area contributed by atoms with Crippen LogP contribution in [0.4, 0.5) is 4.79 Å². The fourth-order valence-electron chi connectivity index (χ4n) is 0.891. The number of hydrogen-bond acceptors (Lipinski definition) is 4. The van der Waals surface area contributed by atoms with Crippen LogP contribution in [0.25, 0.3) is 0 Å². The van der Waals surface area contributed by atoms with E-state index in [0.29, 0.717) is 0 Å². The predicted molar refractivity (Wildman–Crippen MR) is 50.9 cm³/mol. The highest BCUT2D eigenvalue weighted by Gasteiger charge is 2.25. The number of carboxylic acid groups (broad SMARTS) is 1. The van der Waals surface area contributed by atoms with Crippen molar-refractivity contribution in [1.82, 2.24) is 4.72 Å². The maximum absolute atomic E-state index is 11.3. The van der Waals surface area contributed by atoms with E-state index in [9.17, 15) is 18.0 Å². The Labute approximate surface area is 85.6 Å². The van der Waals surface area contributed by atoms with Crippen LogP contribution in [0.2, 0.25) is 0 Å². The lowest BCUT2D eigenvalue weighted by atomic mass is 10.2. The van der Waals surface area contributed by atoms with E-state index < -0.39 is 21.2 Å². The highest BCUT2D eigenvalue weighted by atomic mass is 32.2. The number of rotatable bonds is 1. The predicted octanol–water partition coefficient (Wildman–Crippen LogP) is 0.424. The molecule has 0 spiro atoms. The first-order valence-electron chi connectivity index (χ1n) is 3.78. The molecule has 2 N–H and O–H groups in total. The molecule has 0 aliphatic rings. The molecule has 0 unspecified atom stereocenters. The quantitative estimate of drug-likeness (QED) is 0.727. The summed E-state index contributed by atoms with van der Waals surface area (Å²) in [6, 6.07) is 7.12. The zero-order chi connectivity index (χ0) is 11.5. The second-order valence-corrected chi connectivity index (χ2v) is 4.15. The molecular formula is C8H7NO5S. The first-order valence-corrected chi connectivity index (χ1v) is 5.27. The van der Waals surface area contributed by atoms with E-state index in [-0.39, 0.29) is 5.56 Å². The van der Waals surface area contributed by atoms with Crippen molar-refractivity contribution in [3.05, 3.63) is 35.9 Å². The summed E-state index contributed by atoms with van der Waals surface area (Å²) in [7, 11) is -4.50. The van der Waals surface area contributed by atoms with Gasteiger partial charge >= 0.3 is 16.1 Å². The van der Waals surface area contributed by atoms with Crippen LogP contribution < -0.4 is 4.72 Å². The van der Waals surface area contributed by atoms with Crippen molar-refractivity contribution in [3.63, 3.8) is 0 Å². The maximum atomic E-state index is 11.3. The zero-order valence-corrected chi connectivity index (χ0v) is 8.19. The minimum atomic E-state index is -4.50. The number of sulfonamides is 1. The first kappa shape index (κ1) is 11.2. The highest BCUT2D eigenvalue weighted by molar-refractivity contribution is 8.05. The molecule has 0 saturated heterocycles. The summed E-state index contributed by atoms with van der Waals surface area (Å²) >= 11 is 0. The van der Waals surface area contributed by atoms with Crippen molar-refractivity contribution < 1.29 is 23.1 Å². The summed E-state index contributed by atoms with van der Waals surface area (Å²) in [6.45, 7) is 0. The van der Waals surface area contributed by atoms with Crippen LogP contribution in [0.3, 0.4) is 0 Å². The average molecular weight is 229 g/mol. The molecule has 0 bridgehead atoms. The van der Waals surface area contributed by atoms with Crippen LogP contribution in [-0.2, 0) is 10.0 Å². The summed E-state index contributed by atoms with van der Waals surface area (Å²) in [6.07, 6.45) is -1.79. The largest absolute Gasteiger partial charge is 0.464 e. The van der Waals surface area contributed by atoms with E-state index >= 15 is 0 Å². The molecule has 7 heteroatoms. The molecular weight excluding hydrogens is 222 g/mol. The Hall–Kier alpha value is -1.89. The van der Waals surface area contributed by atoms with Gasteiger partial charge in [0, 0.05) is 5.56 Å². The Balaban J connectivity index is 3.01. The van der Waals surface area contributed by atoms with Gasteiger partial charge < -0.3 is 5.11 Å². The molecule has 1 rings (SSSR count). The number of nitrogens with one attached hydrogen (secondary N) is 1. The van der Waals surface area contributed by atoms with E-state index in [2.05, 4.69) is 0 Å². The minimum absolute atomic E-state index is 0.0914. The zero-order valence-electron chi connectivity index (χ0n) is 7.38. The Bertz CT molecular complexity index is 479. The van der Waals surface area contributed by atoms with Gasteiger partial charge in [0.05, 0.1) is 0 Å². The van der Waals surface area contributed by atoms with Crippen LogP contribution in [0.15, 0.2) is 30.3 Å². The first-order chi connectivity index (χ1) is 6.93. The molecule has 1 aromatic carbocycles.